The van der Waals surface area contributed by atoms with Gasteiger partial charge in [0.05, 0.1) is 17.1 Å². The van der Waals surface area contributed by atoms with E-state index in [1.165, 1.54) is 12.1 Å². The van der Waals surface area contributed by atoms with Crippen molar-refractivity contribution in [3.05, 3.63) is 53.7 Å². The van der Waals surface area contributed by atoms with Gasteiger partial charge in [-0.1, -0.05) is 12.5 Å². The van der Waals surface area contributed by atoms with Gasteiger partial charge in [0.15, 0.2) is 0 Å². The number of likely N-dealkylation sites (tertiary alicyclic amines) is 1. The SMILES string of the molecule is Nc1ncccc1CN1CCCC[C@H]1c1nc2ccc(F)cc2[nH]1. The summed E-state index contributed by atoms with van der Waals surface area (Å²) in [5.74, 6) is 1.23. The predicted molar refractivity (Wildman–Crippen MR) is 91.7 cm³/mol. The zero-order valence-corrected chi connectivity index (χ0v) is 13.4. The Balaban J connectivity index is 1.64. The number of aromatic nitrogens is 3. The minimum atomic E-state index is -0.249. The number of piperidine rings is 1. The maximum absolute atomic E-state index is 13.4. The van der Waals surface area contributed by atoms with Gasteiger partial charge in [0.25, 0.3) is 0 Å². The number of halogens is 1. The van der Waals surface area contributed by atoms with Gasteiger partial charge < -0.3 is 10.7 Å². The molecule has 0 bridgehead atoms. The smallest absolute Gasteiger partial charge is 0.127 e. The number of nitrogens with two attached hydrogens (primary N) is 1. The van der Waals surface area contributed by atoms with Crippen LogP contribution in [0.2, 0.25) is 0 Å². The van der Waals surface area contributed by atoms with E-state index in [9.17, 15) is 4.39 Å². The molecule has 3 heterocycles. The van der Waals surface area contributed by atoms with Crippen LogP contribution in [-0.4, -0.2) is 26.4 Å². The molecule has 1 fully saturated rings. The molecule has 0 amide bonds. The van der Waals surface area contributed by atoms with E-state index in [0.29, 0.717) is 5.82 Å². The highest BCUT2D eigenvalue weighted by Crippen LogP contribution is 2.32. The number of benzene rings is 1. The molecule has 0 saturated carbocycles. The van der Waals surface area contributed by atoms with Crippen molar-refractivity contribution in [1.82, 2.24) is 19.9 Å². The van der Waals surface area contributed by atoms with Crippen molar-refractivity contribution in [2.45, 2.75) is 31.8 Å². The molecular formula is C18H20FN5. The third-order valence-electron chi connectivity index (χ3n) is 4.69. The molecule has 4 rings (SSSR count). The molecular weight excluding hydrogens is 305 g/mol. The van der Waals surface area contributed by atoms with Gasteiger partial charge in [-0.05, 0) is 43.7 Å². The number of hydrogen-bond acceptors (Lipinski definition) is 4. The Morgan fingerprint density at radius 3 is 3.08 bits per heavy atom. The van der Waals surface area contributed by atoms with Crippen LogP contribution < -0.4 is 5.73 Å². The molecule has 5 nitrogen and oxygen atoms in total. The fourth-order valence-corrected chi connectivity index (χ4v) is 3.45. The van der Waals surface area contributed by atoms with Crippen LogP contribution in [-0.2, 0) is 6.54 Å². The average Bonchev–Trinajstić information content (AvgIpc) is 3.00. The number of nitrogens with one attached hydrogen (secondary N) is 1. The molecule has 6 heteroatoms. The first-order valence-electron chi connectivity index (χ1n) is 8.29. The summed E-state index contributed by atoms with van der Waals surface area (Å²) in [7, 11) is 0. The first-order chi connectivity index (χ1) is 11.7. The normalized spacial score (nSPS) is 19.0. The molecule has 3 N–H and O–H groups in total. The Morgan fingerprint density at radius 2 is 2.21 bits per heavy atom. The van der Waals surface area contributed by atoms with Crippen LogP contribution in [0, 0.1) is 5.82 Å². The van der Waals surface area contributed by atoms with E-state index in [4.69, 9.17) is 5.73 Å². The first-order valence-corrected chi connectivity index (χ1v) is 8.29. The van der Waals surface area contributed by atoms with E-state index < -0.39 is 0 Å². The van der Waals surface area contributed by atoms with E-state index in [-0.39, 0.29) is 11.9 Å². The summed E-state index contributed by atoms with van der Waals surface area (Å²) in [6.07, 6.45) is 5.06. The fraction of sp³-hybridized carbons (Fsp3) is 0.333. The molecule has 3 aromatic rings. The maximum atomic E-state index is 13.4. The molecule has 1 aliphatic heterocycles. The Labute approximate surface area is 139 Å². The van der Waals surface area contributed by atoms with Crippen LogP contribution in [0.1, 0.15) is 36.7 Å². The Kier molecular flexibility index (Phi) is 3.90. The molecule has 0 radical (unpaired) electrons. The number of rotatable bonds is 3. The topological polar surface area (TPSA) is 70.8 Å². The van der Waals surface area contributed by atoms with Crippen LogP contribution in [0.3, 0.4) is 0 Å². The number of nitrogens with zero attached hydrogens (tertiary/aromatic N) is 3. The quantitative estimate of drug-likeness (QED) is 0.774. The summed E-state index contributed by atoms with van der Waals surface area (Å²) in [5, 5.41) is 0. The lowest BCUT2D eigenvalue weighted by Gasteiger charge is -2.34. The molecule has 0 spiro atoms. The van der Waals surface area contributed by atoms with Gasteiger partial charge in [-0.15, -0.1) is 0 Å². The third-order valence-corrected chi connectivity index (χ3v) is 4.69. The van der Waals surface area contributed by atoms with Crippen LogP contribution >= 0.6 is 0 Å². The van der Waals surface area contributed by atoms with Crippen molar-refractivity contribution in [1.29, 1.82) is 0 Å². The van der Waals surface area contributed by atoms with Crippen LogP contribution in [0.5, 0.6) is 0 Å². The van der Waals surface area contributed by atoms with Gasteiger partial charge in [0, 0.05) is 18.3 Å². The number of nitrogen functional groups attached to an aromatic ring is 1. The van der Waals surface area contributed by atoms with Crippen molar-refractivity contribution in [2.24, 2.45) is 0 Å². The van der Waals surface area contributed by atoms with Gasteiger partial charge in [-0.3, -0.25) is 4.90 Å². The number of pyridine rings is 1. The highest BCUT2D eigenvalue weighted by Gasteiger charge is 2.27. The molecule has 0 unspecified atom stereocenters. The van der Waals surface area contributed by atoms with E-state index in [1.54, 1.807) is 12.3 Å². The zero-order chi connectivity index (χ0) is 16.5. The lowest BCUT2D eigenvalue weighted by Crippen LogP contribution is -2.33. The lowest BCUT2D eigenvalue weighted by molar-refractivity contribution is 0.135. The highest BCUT2D eigenvalue weighted by atomic mass is 19.1. The second-order valence-corrected chi connectivity index (χ2v) is 6.31. The Bertz CT molecular complexity index is 859. The van der Waals surface area contributed by atoms with Gasteiger partial charge in [-0.2, -0.15) is 0 Å². The van der Waals surface area contributed by atoms with Gasteiger partial charge >= 0.3 is 0 Å². The van der Waals surface area contributed by atoms with Gasteiger partial charge in [-0.25, -0.2) is 14.4 Å². The van der Waals surface area contributed by atoms with Gasteiger partial charge in [0.1, 0.15) is 17.5 Å². The number of fused-ring (bicyclic) bond motifs is 1. The molecule has 0 aliphatic carbocycles. The first kappa shape index (κ1) is 15.1. The number of anilines is 1. The fourth-order valence-electron chi connectivity index (χ4n) is 3.45. The maximum Gasteiger partial charge on any atom is 0.127 e. The minimum Gasteiger partial charge on any atom is -0.383 e. The highest BCUT2D eigenvalue weighted by molar-refractivity contribution is 5.75. The Morgan fingerprint density at radius 1 is 1.29 bits per heavy atom. The number of imidazole rings is 1. The summed E-state index contributed by atoms with van der Waals surface area (Å²) in [4.78, 5) is 14.5. The van der Waals surface area contributed by atoms with E-state index in [1.807, 2.05) is 12.1 Å². The number of aromatic amines is 1. The van der Waals surface area contributed by atoms with Crippen LogP contribution in [0.15, 0.2) is 36.5 Å². The number of hydrogen-bond donors (Lipinski definition) is 2. The summed E-state index contributed by atoms with van der Waals surface area (Å²) < 4.78 is 13.4. The van der Waals surface area contributed by atoms with E-state index in [0.717, 1.165) is 54.8 Å². The molecule has 2 aromatic heterocycles. The molecule has 24 heavy (non-hydrogen) atoms. The largest absolute Gasteiger partial charge is 0.383 e. The number of H-pyrrole nitrogens is 1. The molecule has 1 aromatic carbocycles. The summed E-state index contributed by atoms with van der Waals surface area (Å²) in [6, 6.07) is 8.78. The third kappa shape index (κ3) is 2.85. The summed E-state index contributed by atoms with van der Waals surface area (Å²) >= 11 is 0. The monoisotopic (exact) mass is 325 g/mol. The van der Waals surface area contributed by atoms with Crippen molar-refractivity contribution >= 4 is 16.9 Å². The average molecular weight is 325 g/mol. The minimum absolute atomic E-state index is 0.189. The summed E-state index contributed by atoms with van der Waals surface area (Å²) in [6.45, 7) is 1.74. The summed E-state index contributed by atoms with van der Waals surface area (Å²) in [5.41, 5.74) is 8.58. The molecule has 1 aliphatic rings. The van der Waals surface area contributed by atoms with Crippen molar-refractivity contribution in [3.63, 3.8) is 0 Å². The zero-order valence-electron chi connectivity index (χ0n) is 13.4. The second kappa shape index (κ2) is 6.20. The standard InChI is InChI=1S/C18H20FN5/c19-13-6-7-14-15(10-13)23-18(22-14)16-5-1-2-9-24(16)11-12-4-3-8-21-17(12)20/h3-4,6-8,10,16H,1-2,5,9,11H2,(H2,20,21)(H,22,23)/t16-/m0/s1. The van der Waals surface area contributed by atoms with Crippen LogP contribution in [0.25, 0.3) is 11.0 Å². The molecule has 1 saturated heterocycles. The molecule has 1 atom stereocenters. The van der Waals surface area contributed by atoms with Crippen molar-refractivity contribution in [3.8, 4) is 0 Å². The lowest BCUT2D eigenvalue weighted by atomic mass is 10.0. The van der Waals surface area contributed by atoms with Gasteiger partial charge in [0.2, 0.25) is 0 Å². The molecule has 124 valence electrons. The van der Waals surface area contributed by atoms with Crippen molar-refractivity contribution < 1.29 is 4.39 Å². The second-order valence-electron chi connectivity index (χ2n) is 6.31. The van der Waals surface area contributed by atoms with E-state index >= 15 is 0 Å². The van der Waals surface area contributed by atoms with E-state index in [2.05, 4.69) is 19.9 Å². The predicted octanol–water partition coefficient (Wildman–Crippen LogP) is 3.41. The van der Waals surface area contributed by atoms with Crippen LogP contribution in [0.4, 0.5) is 10.2 Å². The Hall–Kier alpha value is -2.47. The van der Waals surface area contributed by atoms with Crippen molar-refractivity contribution in [2.75, 3.05) is 12.3 Å².